The SMILES string of the molecule is CCNC(=NCc1ccc(S(=O)(=O)NC2CC2)cc1)NCCCOc1ccccc1. The van der Waals surface area contributed by atoms with Gasteiger partial charge in [-0.25, -0.2) is 18.1 Å². The Kier molecular flexibility index (Phi) is 8.10. The van der Waals surface area contributed by atoms with Crippen LogP contribution in [-0.2, 0) is 16.6 Å². The van der Waals surface area contributed by atoms with Crippen LogP contribution in [0.2, 0.25) is 0 Å². The summed E-state index contributed by atoms with van der Waals surface area (Å²) in [6.45, 7) is 4.61. The Bertz CT molecular complexity index is 911. The number of rotatable bonds is 11. The van der Waals surface area contributed by atoms with Gasteiger partial charge in [-0.2, -0.15) is 0 Å². The lowest BCUT2D eigenvalue weighted by atomic mass is 10.2. The lowest BCUT2D eigenvalue weighted by Crippen LogP contribution is -2.38. The summed E-state index contributed by atoms with van der Waals surface area (Å²) in [5.74, 6) is 1.60. The van der Waals surface area contributed by atoms with E-state index in [1.54, 1.807) is 12.1 Å². The lowest BCUT2D eigenvalue weighted by Gasteiger charge is -2.12. The molecule has 1 aliphatic carbocycles. The summed E-state index contributed by atoms with van der Waals surface area (Å²) in [6, 6.07) is 16.7. The molecule has 0 unspecified atom stereocenters. The average molecular weight is 431 g/mol. The van der Waals surface area contributed by atoms with Crippen molar-refractivity contribution in [3.05, 3.63) is 60.2 Å². The van der Waals surface area contributed by atoms with Gasteiger partial charge in [0.2, 0.25) is 10.0 Å². The number of aliphatic imine (C=N–C) groups is 1. The maximum absolute atomic E-state index is 12.2. The van der Waals surface area contributed by atoms with Gasteiger partial charge in [-0.1, -0.05) is 30.3 Å². The van der Waals surface area contributed by atoms with Gasteiger partial charge in [-0.3, -0.25) is 0 Å². The van der Waals surface area contributed by atoms with E-state index < -0.39 is 10.0 Å². The fourth-order valence-electron chi connectivity index (χ4n) is 2.76. The minimum atomic E-state index is -3.41. The van der Waals surface area contributed by atoms with Crippen LogP contribution in [0.1, 0.15) is 31.7 Å². The molecule has 1 fully saturated rings. The zero-order valence-corrected chi connectivity index (χ0v) is 18.1. The zero-order chi connectivity index (χ0) is 21.2. The Balaban J connectivity index is 1.45. The standard InChI is InChI=1S/C22H30N4O3S/c1-2-23-22(24-15-6-16-29-20-7-4-3-5-8-20)25-17-18-9-13-21(14-10-18)30(27,28)26-19-11-12-19/h3-5,7-10,13-14,19,26H,2,6,11-12,15-17H2,1H3,(H2,23,24,25). The average Bonchev–Trinajstić information content (AvgIpc) is 3.56. The van der Waals surface area contributed by atoms with Crippen molar-refractivity contribution < 1.29 is 13.2 Å². The van der Waals surface area contributed by atoms with Crippen molar-refractivity contribution in [3.63, 3.8) is 0 Å². The number of sulfonamides is 1. The van der Waals surface area contributed by atoms with E-state index in [9.17, 15) is 8.42 Å². The molecule has 30 heavy (non-hydrogen) atoms. The maximum Gasteiger partial charge on any atom is 0.240 e. The molecular weight excluding hydrogens is 400 g/mol. The summed E-state index contributed by atoms with van der Waals surface area (Å²) in [6.07, 6.45) is 2.69. The molecule has 1 aliphatic rings. The third-order valence-electron chi connectivity index (χ3n) is 4.52. The summed E-state index contributed by atoms with van der Waals surface area (Å²) >= 11 is 0. The van der Waals surface area contributed by atoms with Crippen molar-refractivity contribution in [3.8, 4) is 5.75 Å². The Hall–Kier alpha value is -2.58. The number of hydrogen-bond donors (Lipinski definition) is 3. The van der Waals surface area contributed by atoms with E-state index in [4.69, 9.17) is 4.74 Å². The van der Waals surface area contributed by atoms with E-state index >= 15 is 0 Å². The van der Waals surface area contributed by atoms with Gasteiger partial charge in [0, 0.05) is 19.1 Å². The van der Waals surface area contributed by atoms with E-state index in [0.717, 1.165) is 49.6 Å². The Morgan fingerprint density at radius 1 is 1.07 bits per heavy atom. The summed E-state index contributed by atoms with van der Waals surface area (Å²) in [5.41, 5.74) is 0.949. The van der Waals surface area contributed by atoms with Crippen molar-refractivity contribution in [2.45, 2.75) is 43.7 Å². The molecule has 2 aromatic carbocycles. The van der Waals surface area contributed by atoms with E-state index in [1.807, 2.05) is 49.4 Å². The van der Waals surface area contributed by atoms with Gasteiger partial charge in [-0.05, 0) is 56.0 Å². The van der Waals surface area contributed by atoms with Crippen molar-refractivity contribution in [2.24, 2.45) is 4.99 Å². The first-order valence-electron chi connectivity index (χ1n) is 10.4. The second kappa shape index (κ2) is 11.0. The normalized spacial score (nSPS) is 14.4. The van der Waals surface area contributed by atoms with Crippen LogP contribution in [0.4, 0.5) is 0 Å². The van der Waals surface area contributed by atoms with Crippen molar-refractivity contribution in [1.82, 2.24) is 15.4 Å². The van der Waals surface area contributed by atoms with Gasteiger partial charge in [-0.15, -0.1) is 0 Å². The highest BCUT2D eigenvalue weighted by Gasteiger charge is 2.27. The van der Waals surface area contributed by atoms with Crippen molar-refractivity contribution >= 4 is 16.0 Å². The molecule has 8 heteroatoms. The molecular formula is C22H30N4O3S. The van der Waals surface area contributed by atoms with Crippen LogP contribution in [-0.4, -0.2) is 40.1 Å². The van der Waals surface area contributed by atoms with Crippen LogP contribution < -0.4 is 20.1 Å². The molecule has 0 aromatic heterocycles. The van der Waals surface area contributed by atoms with Crippen LogP contribution in [0, 0.1) is 0 Å². The molecule has 0 saturated heterocycles. The maximum atomic E-state index is 12.2. The number of para-hydroxylation sites is 1. The molecule has 0 spiro atoms. The van der Waals surface area contributed by atoms with E-state index in [0.29, 0.717) is 18.0 Å². The third kappa shape index (κ3) is 7.35. The summed E-state index contributed by atoms with van der Waals surface area (Å²) in [5, 5.41) is 6.51. The highest BCUT2D eigenvalue weighted by molar-refractivity contribution is 7.89. The van der Waals surface area contributed by atoms with Crippen molar-refractivity contribution in [2.75, 3.05) is 19.7 Å². The smallest absolute Gasteiger partial charge is 0.240 e. The molecule has 0 aliphatic heterocycles. The number of nitrogens with zero attached hydrogens (tertiary/aromatic N) is 1. The monoisotopic (exact) mass is 430 g/mol. The first-order chi connectivity index (χ1) is 14.6. The third-order valence-corrected chi connectivity index (χ3v) is 6.06. The highest BCUT2D eigenvalue weighted by atomic mass is 32.2. The van der Waals surface area contributed by atoms with Gasteiger partial charge >= 0.3 is 0 Å². The van der Waals surface area contributed by atoms with Crippen LogP contribution in [0.25, 0.3) is 0 Å². The van der Waals surface area contributed by atoms with Crippen LogP contribution in [0.15, 0.2) is 64.5 Å². The quantitative estimate of drug-likeness (QED) is 0.290. The summed E-state index contributed by atoms with van der Waals surface area (Å²) in [4.78, 5) is 4.88. The van der Waals surface area contributed by atoms with E-state index in [2.05, 4.69) is 20.3 Å². The minimum absolute atomic E-state index is 0.103. The molecule has 1 saturated carbocycles. The van der Waals surface area contributed by atoms with Crippen molar-refractivity contribution in [1.29, 1.82) is 0 Å². The van der Waals surface area contributed by atoms with E-state index in [1.165, 1.54) is 0 Å². The predicted molar refractivity (Wildman–Crippen MR) is 119 cm³/mol. The minimum Gasteiger partial charge on any atom is -0.494 e. The summed E-state index contributed by atoms with van der Waals surface area (Å²) in [7, 11) is -3.41. The molecule has 7 nitrogen and oxygen atoms in total. The van der Waals surface area contributed by atoms with Gasteiger partial charge < -0.3 is 15.4 Å². The number of guanidine groups is 1. The first-order valence-corrected chi connectivity index (χ1v) is 11.9. The molecule has 0 bridgehead atoms. The van der Waals surface area contributed by atoms with Crippen LogP contribution in [0.5, 0.6) is 5.75 Å². The second-order valence-electron chi connectivity index (χ2n) is 7.18. The molecule has 2 aromatic rings. The molecule has 0 amide bonds. The predicted octanol–water partition coefficient (Wildman–Crippen LogP) is 2.65. The first kappa shape index (κ1) is 22.1. The number of benzene rings is 2. The fraction of sp³-hybridized carbons (Fsp3) is 0.409. The second-order valence-corrected chi connectivity index (χ2v) is 8.89. The molecule has 3 rings (SSSR count). The number of nitrogens with one attached hydrogen (secondary N) is 3. The Morgan fingerprint density at radius 2 is 1.80 bits per heavy atom. The zero-order valence-electron chi connectivity index (χ0n) is 17.3. The van der Waals surface area contributed by atoms with E-state index in [-0.39, 0.29) is 6.04 Å². The van der Waals surface area contributed by atoms with Gasteiger partial charge in [0.05, 0.1) is 18.0 Å². The largest absolute Gasteiger partial charge is 0.494 e. The van der Waals surface area contributed by atoms with Gasteiger partial charge in [0.25, 0.3) is 0 Å². The number of ether oxygens (including phenoxy) is 1. The molecule has 0 radical (unpaired) electrons. The molecule has 0 heterocycles. The molecule has 0 atom stereocenters. The number of hydrogen-bond acceptors (Lipinski definition) is 4. The fourth-order valence-corrected chi connectivity index (χ4v) is 4.07. The Morgan fingerprint density at radius 3 is 2.47 bits per heavy atom. The highest BCUT2D eigenvalue weighted by Crippen LogP contribution is 2.22. The topological polar surface area (TPSA) is 91.8 Å². The summed E-state index contributed by atoms with van der Waals surface area (Å²) < 4.78 is 32.9. The molecule has 3 N–H and O–H groups in total. The molecule has 162 valence electrons. The lowest BCUT2D eigenvalue weighted by molar-refractivity contribution is 0.311. The van der Waals surface area contributed by atoms with Gasteiger partial charge in [0.15, 0.2) is 5.96 Å². The van der Waals surface area contributed by atoms with Crippen LogP contribution >= 0.6 is 0 Å². The van der Waals surface area contributed by atoms with Crippen LogP contribution in [0.3, 0.4) is 0 Å². The van der Waals surface area contributed by atoms with Gasteiger partial charge in [0.1, 0.15) is 5.75 Å². The Labute approximate surface area is 179 Å².